The number of hydrogen-bond donors (Lipinski definition) is 1. The van der Waals surface area contributed by atoms with E-state index in [1.807, 2.05) is 32.2 Å². The summed E-state index contributed by atoms with van der Waals surface area (Å²) in [4.78, 5) is 22.5. The topological polar surface area (TPSA) is 81.9 Å². The molecule has 0 saturated carbocycles. The molecule has 26 heavy (non-hydrogen) atoms. The fourth-order valence-electron chi connectivity index (χ4n) is 3.50. The quantitative estimate of drug-likeness (QED) is 0.762. The van der Waals surface area contributed by atoms with Gasteiger partial charge in [-0.3, -0.25) is 0 Å². The van der Waals surface area contributed by atoms with E-state index in [1.54, 1.807) is 18.3 Å². The van der Waals surface area contributed by atoms with Crippen LogP contribution >= 0.6 is 11.3 Å². The van der Waals surface area contributed by atoms with Crippen LogP contribution in [0.25, 0.3) is 10.2 Å². The maximum Gasteiger partial charge on any atom is 0.434 e. The molecule has 0 saturated heterocycles. The summed E-state index contributed by atoms with van der Waals surface area (Å²) in [5.74, 6) is 0.745. The van der Waals surface area contributed by atoms with Crippen LogP contribution in [0, 0.1) is 6.92 Å². The molecule has 0 fully saturated rings. The summed E-state index contributed by atoms with van der Waals surface area (Å²) in [6, 6.07) is 2.04. The second-order valence-electron chi connectivity index (χ2n) is 6.90. The van der Waals surface area contributed by atoms with Crippen molar-refractivity contribution in [1.82, 2.24) is 25.1 Å². The number of nitrogens with one attached hydrogen (secondary N) is 1. The number of ether oxygens (including phenoxy) is 1. The molecular weight excluding hydrogens is 350 g/mol. The van der Waals surface area contributed by atoms with Gasteiger partial charge in [0.15, 0.2) is 0 Å². The molecule has 0 aromatic carbocycles. The summed E-state index contributed by atoms with van der Waals surface area (Å²) in [6.45, 7) is 8.78. The van der Waals surface area contributed by atoms with E-state index in [0.717, 1.165) is 38.7 Å². The van der Waals surface area contributed by atoms with Crippen LogP contribution in [-0.4, -0.2) is 32.4 Å². The Labute approximate surface area is 155 Å². The van der Waals surface area contributed by atoms with Crippen LogP contribution in [0.2, 0.25) is 0 Å². The third kappa shape index (κ3) is 2.69. The van der Waals surface area contributed by atoms with E-state index in [-0.39, 0.29) is 5.54 Å². The van der Waals surface area contributed by atoms with Gasteiger partial charge in [0.2, 0.25) is 0 Å². The zero-order valence-corrected chi connectivity index (χ0v) is 16.1. The maximum absolute atomic E-state index is 12.4. The molecule has 3 aromatic heterocycles. The van der Waals surface area contributed by atoms with Gasteiger partial charge in [0.1, 0.15) is 10.7 Å². The number of aromatic nitrogens is 4. The van der Waals surface area contributed by atoms with E-state index in [4.69, 9.17) is 4.74 Å². The van der Waals surface area contributed by atoms with Crippen LogP contribution in [0.3, 0.4) is 0 Å². The molecule has 136 valence electrons. The predicted octanol–water partition coefficient (Wildman–Crippen LogP) is 3.13. The van der Waals surface area contributed by atoms with Crippen LogP contribution in [0.4, 0.5) is 4.79 Å². The first-order chi connectivity index (χ1) is 12.4. The second-order valence-corrected chi connectivity index (χ2v) is 7.79. The lowest BCUT2D eigenvalue weighted by atomic mass is 10.00. The monoisotopic (exact) mass is 371 g/mol. The van der Waals surface area contributed by atoms with Gasteiger partial charge in [-0.15, -0.1) is 11.3 Å². The largest absolute Gasteiger partial charge is 0.448 e. The van der Waals surface area contributed by atoms with Gasteiger partial charge < -0.3 is 10.1 Å². The van der Waals surface area contributed by atoms with Crippen molar-refractivity contribution in [3.05, 3.63) is 39.9 Å². The third-order valence-corrected chi connectivity index (χ3v) is 5.46. The Morgan fingerprint density at radius 3 is 2.96 bits per heavy atom. The highest BCUT2D eigenvalue weighted by molar-refractivity contribution is 7.16. The Morgan fingerprint density at radius 1 is 1.38 bits per heavy atom. The molecule has 0 radical (unpaired) electrons. The molecule has 0 amide bonds. The number of nitrogens with zero attached hydrogens (tertiary/aromatic N) is 4. The van der Waals surface area contributed by atoms with Crippen molar-refractivity contribution in [3.63, 3.8) is 0 Å². The molecule has 1 aliphatic rings. The minimum atomic E-state index is -0.439. The summed E-state index contributed by atoms with van der Waals surface area (Å²) in [5, 5.41) is 11.1. The average molecular weight is 371 g/mol. The summed E-state index contributed by atoms with van der Waals surface area (Å²) in [6.07, 6.45) is 0.120. The number of rotatable bonds is 3. The summed E-state index contributed by atoms with van der Waals surface area (Å²) in [7, 11) is 0. The SMILES string of the molecule is CCOC(=O)n1nc(Cc2nc(C)nc3sccc23)c2c1C(C)(C)NC2. The number of carbonyl (C=O) groups excluding carboxylic acids is 1. The molecule has 1 N–H and O–H groups in total. The van der Waals surface area contributed by atoms with Gasteiger partial charge in [-0.1, -0.05) is 0 Å². The highest BCUT2D eigenvalue weighted by Gasteiger charge is 2.38. The number of hydrogen-bond acceptors (Lipinski definition) is 7. The van der Waals surface area contributed by atoms with E-state index >= 15 is 0 Å². The zero-order chi connectivity index (χ0) is 18.5. The highest BCUT2D eigenvalue weighted by atomic mass is 32.1. The van der Waals surface area contributed by atoms with Crippen molar-refractivity contribution >= 4 is 27.6 Å². The minimum absolute atomic E-state index is 0.317. The second kappa shape index (κ2) is 6.14. The first kappa shape index (κ1) is 17.1. The van der Waals surface area contributed by atoms with Crippen molar-refractivity contribution in [3.8, 4) is 0 Å². The molecule has 0 unspecified atom stereocenters. The Morgan fingerprint density at radius 2 is 2.19 bits per heavy atom. The lowest BCUT2D eigenvalue weighted by Crippen LogP contribution is -2.34. The summed E-state index contributed by atoms with van der Waals surface area (Å²) >= 11 is 1.60. The molecular formula is C18H21N5O2S. The van der Waals surface area contributed by atoms with E-state index in [2.05, 4.69) is 20.4 Å². The zero-order valence-electron chi connectivity index (χ0n) is 15.3. The van der Waals surface area contributed by atoms with Crippen LogP contribution < -0.4 is 5.32 Å². The predicted molar refractivity (Wildman–Crippen MR) is 99.5 cm³/mol. The highest BCUT2D eigenvalue weighted by Crippen LogP contribution is 2.34. The molecule has 0 bridgehead atoms. The van der Waals surface area contributed by atoms with E-state index in [0.29, 0.717) is 19.6 Å². The molecule has 0 aliphatic carbocycles. The van der Waals surface area contributed by atoms with E-state index < -0.39 is 6.09 Å². The van der Waals surface area contributed by atoms with Crippen molar-refractivity contribution in [2.24, 2.45) is 0 Å². The lowest BCUT2D eigenvalue weighted by molar-refractivity contribution is 0.148. The van der Waals surface area contributed by atoms with Crippen LogP contribution in [-0.2, 0) is 23.2 Å². The van der Waals surface area contributed by atoms with Crippen molar-refractivity contribution in [2.75, 3.05) is 6.61 Å². The molecule has 0 atom stereocenters. The normalized spacial score (nSPS) is 15.4. The molecule has 8 heteroatoms. The van der Waals surface area contributed by atoms with Crippen molar-refractivity contribution in [2.45, 2.75) is 46.2 Å². The molecule has 0 spiro atoms. The molecule has 7 nitrogen and oxygen atoms in total. The van der Waals surface area contributed by atoms with Crippen LogP contribution in [0.5, 0.6) is 0 Å². The molecule has 3 aromatic rings. The Balaban J connectivity index is 1.81. The maximum atomic E-state index is 12.4. The van der Waals surface area contributed by atoms with Gasteiger partial charge in [-0.05, 0) is 39.1 Å². The van der Waals surface area contributed by atoms with E-state index in [9.17, 15) is 4.79 Å². The summed E-state index contributed by atoms with van der Waals surface area (Å²) in [5.41, 5.74) is 3.39. The smallest absolute Gasteiger partial charge is 0.434 e. The van der Waals surface area contributed by atoms with Gasteiger partial charge in [0.05, 0.1) is 29.2 Å². The first-order valence-electron chi connectivity index (χ1n) is 8.65. The van der Waals surface area contributed by atoms with Crippen LogP contribution in [0.1, 0.15) is 49.2 Å². The fraction of sp³-hybridized carbons (Fsp3) is 0.444. The van der Waals surface area contributed by atoms with Crippen molar-refractivity contribution in [1.29, 1.82) is 0 Å². The first-order valence-corrected chi connectivity index (χ1v) is 9.52. The molecule has 4 rings (SSSR count). The number of carbonyl (C=O) groups is 1. The lowest BCUT2D eigenvalue weighted by Gasteiger charge is -2.20. The Kier molecular flexibility index (Phi) is 4.04. The summed E-state index contributed by atoms with van der Waals surface area (Å²) < 4.78 is 6.61. The van der Waals surface area contributed by atoms with Crippen LogP contribution in [0.15, 0.2) is 11.4 Å². The Hall–Kier alpha value is -2.32. The standard InChI is InChI=1S/C18H21N5O2S/c1-5-25-17(24)23-15-12(9-19-18(15,3)4)14(22-23)8-13-11-6-7-26-16(11)21-10(2)20-13/h6-7,19H,5,8-9H2,1-4H3. The van der Waals surface area contributed by atoms with Gasteiger partial charge >= 0.3 is 6.09 Å². The number of aryl methyl sites for hydroxylation is 1. The Bertz CT molecular complexity index is 1000. The average Bonchev–Trinajstić information content (AvgIpc) is 3.24. The van der Waals surface area contributed by atoms with Gasteiger partial charge in [-0.2, -0.15) is 9.78 Å². The number of thiophene rings is 1. The van der Waals surface area contributed by atoms with Gasteiger partial charge in [0, 0.05) is 23.9 Å². The molecule has 4 heterocycles. The van der Waals surface area contributed by atoms with E-state index in [1.165, 1.54) is 4.68 Å². The third-order valence-electron chi connectivity index (χ3n) is 4.66. The minimum Gasteiger partial charge on any atom is -0.448 e. The molecule has 1 aliphatic heterocycles. The fourth-order valence-corrected chi connectivity index (χ4v) is 4.33. The van der Waals surface area contributed by atoms with Gasteiger partial charge in [-0.25, -0.2) is 14.8 Å². The number of fused-ring (bicyclic) bond motifs is 2. The van der Waals surface area contributed by atoms with Crippen molar-refractivity contribution < 1.29 is 9.53 Å². The van der Waals surface area contributed by atoms with Gasteiger partial charge in [0.25, 0.3) is 0 Å².